The van der Waals surface area contributed by atoms with Crippen molar-refractivity contribution in [3.8, 4) is 0 Å². The highest BCUT2D eigenvalue weighted by molar-refractivity contribution is 6.05. The van der Waals surface area contributed by atoms with Crippen LogP contribution in [0.5, 0.6) is 0 Å². The molecule has 140 valence electrons. The highest BCUT2D eigenvalue weighted by Gasteiger charge is 2.29. The van der Waals surface area contributed by atoms with Crippen LogP contribution in [0.3, 0.4) is 0 Å². The van der Waals surface area contributed by atoms with Crippen LogP contribution in [0.1, 0.15) is 61.6 Å². The van der Waals surface area contributed by atoms with E-state index in [2.05, 4.69) is 28.8 Å². The maximum Gasteiger partial charge on any atom is 0.254 e. The van der Waals surface area contributed by atoms with Gasteiger partial charge in [0.15, 0.2) is 5.65 Å². The van der Waals surface area contributed by atoms with Crippen molar-refractivity contribution in [1.29, 1.82) is 0 Å². The number of piperazine rings is 1. The van der Waals surface area contributed by atoms with Gasteiger partial charge in [0.1, 0.15) is 0 Å². The zero-order valence-electron chi connectivity index (χ0n) is 16.1. The van der Waals surface area contributed by atoms with Crippen molar-refractivity contribution in [1.82, 2.24) is 24.6 Å². The van der Waals surface area contributed by atoms with Crippen molar-refractivity contribution in [3.05, 3.63) is 23.5 Å². The highest BCUT2D eigenvalue weighted by Crippen LogP contribution is 2.26. The van der Waals surface area contributed by atoms with Gasteiger partial charge in [0.05, 0.1) is 17.1 Å². The number of amides is 1. The van der Waals surface area contributed by atoms with Crippen LogP contribution in [-0.2, 0) is 0 Å². The maximum atomic E-state index is 13.2. The molecule has 6 heteroatoms. The highest BCUT2D eigenvalue weighted by atomic mass is 16.2. The lowest BCUT2D eigenvalue weighted by atomic mass is 10.1. The molecular formula is C20H29N5O. The average molecular weight is 355 g/mol. The second-order valence-electron chi connectivity index (χ2n) is 8.00. The number of nitrogens with zero attached hydrogens (tertiary/aromatic N) is 5. The molecule has 1 saturated carbocycles. The van der Waals surface area contributed by atoms with Crippen LogP contribution >= 0.6 is 0 Å². The molecule has 0 bridgehead atoms. The summed E-state index contributed by atoms with van der Waals surface area (Å²) < 4.78 is 1.90. The predicted molar refractivity (Wildman–Crippen MR) is 102 cm³/mol. The SMILES string of the molecule is Cc1cc(C(=O)N2CCN(C3CCCC3)CC2)c2cnn(C(C)C)c2n1. The van der Waals surface area contributed by atoms with E-state index in [-0.39, 0.29) is 11.9 Å². The van der Waals surface area contributed by atoms with E-state index in [0.717, 1.165) is 54.5 Å². The Morgan fingerprint density at radius 2 is 1.85 bits per heavy atom. The Morgan fingerprint density at radius 1 is 1.15 bits per heavy atom. The number of rotatable bonds is 3. The van der Waals surface area contributed by atoms with Gasteiger partial charge in [-0.25, -0.2) is 9.67 Å². The van der Waals surface area contributed by atoms with Crippen LogP contribution < -0.4 is 0 Å². The molecule has 0 radical (unpaired) electrons. The number of pyridine rings is 1. The molecule has 0 aromatic carbocycles. The van der Waals surface area contributed by atoms with E-state index in [0.29, 0.717) is 0 Å². The summed E-state index contributed by atoms with van der Waals surface area (Å²) in [5.74, 6) is 0.120. The second-order valence-corrected chi connectivity index (χ2v) is 8.00. The quantitative estimate of drug-likeness (QED) is 0.849. The van der Waals surface area contributed by atoms with Crippen LogP contribution in [0.4, 0.5) is 0 Å². The number of aromatic nitrogens is 3. The van der Waals surface area contributed by atoms with E-state index in [1.807, 2.05) is 22.6 Å². The van der Waals surface area contributed by atoms with E-state index < -0.39 is 0 Å². The van der Waals surface area contributed by atoms with Crippen molar-refractivity contribution in [2.75, 3.05) is 26.2 Å². The Balaban J connectivity index is 1.55. The monoisotopic (exact) mass is 355 g/mol. The molecule has 3 heterocycles. The Kier molecular flexibility index (Phi) is 4.69. The van der Waals surface area contributed by atoms with Gasteiger partial charge in [0, 0.05) is 44.0 Å². The minimum atomic E-state index is 0.120. The molecule has 1 aliphatic carbocycles. The fourth-order valence-corrected chi connectivity index (χ4v) is 4.43. The van der Waals surface area contributed by atoms with Gasteiger partial charge in [-0.15, -0.1) is 0 Å². The lowest BCUT2D eigenvalue weighted by molar-refractivity contribution is 0.0575. The van der Waals surface area contributed by atoms with Gasteiger partial charge in [0.25, 0.3) is 5.91 Å². The molecule has 1 aliphatic heterocycles. The van der Waals surface area contributed by atoms with Gasteiger partial charge in [-0.1, -0.05) is 12.8 Å². The fourth-order valence-electron chi connectivity index (χ4n) is 4.43. The number of hydrogen-bond acceptors (Lipinski definition) is 4. The zero-order valence-corrected chi connectivity index (χ0v) is 16.1. The van der Waals surface area contributed by atoms with Crippen molar-refractivity contribution < 1.29 is 4.79 Å². The molecule has 1 saturated heterocycles. The van der Waals surface area contributed by atoms with Gasteiger partial charge in [0.2, 0.25) is 0 Å². The fraction of sp³-hybridized carbons (Fsp3) is 0.650. The molecule has 0 atom stereocenters. The molecule has 0 N–H and O–H groups in total. The third-order valence-electron chi connectivity index (χ3n) is 5.86. The van der Waals surface area contributed by atoms with E-state index in [1.54, 1.807) is 6.20 Å². The summed E-state index contributed by atoms with van der Waals surface area (Å²) in [6, 6.07) is 2.88. The molecule has 4 rings (SSSR count). The van der Waals surface area contributed by atoms with Crippen molar-refractivity contribution in [2.45, 2.75) is 58.5 Å². The van der Waals surface area contributed by atoms with E-state index in [4.69, 9.17) is 0 Å². The van der Waals surface area contributed by atoms with Crippen molar-refractivity contribution in [2.24, 2.45) is 0 Å². The number of aryl methyl sites for hydroxylation is 1. The van der Waals surface area contributed by atoms with Crippen LogP contribution in [0, 0.1) is 6.92 Å². The number of carbonyl (C=O) groups is 1. The maximum absolute atomic E-state index is 13.2. The van der Waals surface area contributed by atoms with Gasteiger partial charge in [-0.3, -0.25) is 9.69 Å². The third kappa shape index (κ3) is 3.11. The molecule has 1 amide bonds. The normalized spacial score (nSPS) is 19.8. The lowest BCUT2D eigenvalue weighted by Gasteiger charge is -2.38. The van der Waals surface area contributed by atoms with E-state index >= 15 is 0 Å². The molecule has 0 unspecified atom stereocenters. The summed E-state index contributed by atoms with van der Waals surface area (Å²) >= 11 is 0. The smallest absolute Gasteiger partial charge is 0.254 e. The minimum absolute atomic E-state index is 0.120. The van der Waals surface area contributed by atoms with Crippen molar-refractivity contribution in [3.63, 3.8) is 0 Å². The molecule has 26 heavy (non-hydrogen) atoms. The van der Waals surface area contributed by atoms with Gasteiger partial charge >= 0.3 is 0 Å². The van der Waals surface area contributed by atoms with Crippen LogP contribution in [0.25, 0.3) is 11.0 Å². The first-order chi connectivity index (χ1) is 12.5. The summed E-state index contributed by atoms with van der Waals surface area (Å²) in [4.78, 5) is 22.4. The topological polar surface area (TPSA) is 54.3 Å². The first-order valence-electron chi connectivity index (χ1n) is 9.93. The molecule has 2 aliphatic rings. The van der Waals surface area contributed by atoms with Gasteiger partial charge < -0.3 is 4.90 Å². The third-order valence-corrected chi connectivity index (χ3v) is 5.86. The summed E-state index contributed by atoms with van der Waals surface area (Å²) in [5, 5.41) is 5.33. The molecule has 2 fully saturated rings. The Bertz CT molecular complexity index is 798. The number of carbonyl (C=O) groups excluding carboxylic acids is 1. The molecule has 2 aromatic rings. The number of fused-ring (bicyclic) bond motifs is 1. The predicted octanol–water partition coefficient (Wildman–Crippen LogP) is 3.02. The van der Waals surface area contributed by atoms with Gasteiger partial charge in [-0.05, 0) is 39.7 Å². The Labute approximate surface area is 155 Å². The Hall–Kier alpha value is -1.95. The van der Waals surface area contributed by atoms with Crippen LogP contribution in [0.2, 0.25) is 0 Å². The summed E-state index contributed by atoms with van der Waals surface area (Å²) in [6.45, 7) is 9.74. The molecular weight excluding hydrogens is 326 g/mol. The minimum Gasteiger partial charge on any atom is -0.336 e. The van der Waals surface area contributed by atoms with E-state index in [9.17, 15) is 4.79 Å². The largest absolute Gasteiger partial charge is 0.336 e. The summed E-state index contributed by atoms with van der Waals surface area (Å²) in [5.41, 5.74) is 2.43. The standard InChI is InChI=1S/C20H29N5O/c1-14(2)25-19-18(13-21-25)17(12-15(3)22-19)20(26)24-10-8-23(9-11-24)16-6-4-5-7-16/h12-14,16H,4-11H2,1-3H3. The number of hydrogen-bond donors (Lipinski definition) is 0. The summed E-state index contributed by atoms with van der Waals surface area (Å²) in [7, 11) is 0. The molecule has 2 aromatic heterocycles. The Morgan fingerprint density at radius 3 is 2.50 bits per heavy atom. The first kappa shape index (κ1) is 17.5. The van der Waals surface area contributed by atoms with Crippen molar-refractivity contribution >= 4 is 16.9 Å². The molecule has 6 nitrogen and oxygen atoms in total. The van der Waals surface area contributed by atoms with Crippen LogP contribution in [-0.4, -0.2) is 62.7 Å². The van der Waals surface area contributed by atoms with Gasteiger partial charge in [-0.2, -0.15) is 5.10 Å². The summed E-state index contributed by atoms with van der Waals surface area (Å²) in [6.07, 6.45) is 7.17. The lowest BCUT2D eigenvalue weighted by Crippen LogP contribution is -2.51. The average Bonchev–Trinajstić information content (AvgIpc) is 3.30. The second kappa shape index (κ2) is 6.99. The first-order valence-corrected chi connectivity index (χ1v) is 9.93. The van der Waals surface area contributed by atoms with Crippen LogP contribution in [0.15, 0.2) is 12.3 Å². The zero-order chi connectivity index (χ0) is 18.3. The molecule has 0 spiro atoms. The van der Waals surface area contributed by atoms with E-state index in [1.165, 1.54) is 25.7 Å².